The van der Waals surface area contributed by atoms with Crippen LogP contribution < -0.4 is 5.32 Å². The lowest BCUT2D eigenvalue weighted by molar-refractivity contribution is -0.0216. The van der Waals surface area contributed by atoms with Crippen LogP contribution in [-0.4, -0.2) is 37.9 Å². The maximum atomic E-state index is 12.8. The molecule has 1 atom stereocenters. The number of nitrogens with one attached hydrogen (secondary N) is 1. The standard InChI is InChI=1S/C12H17FN2O/c1-14-12-9-16-7-6-15(12)8-10-2-4-11(13)5-3-10/h2-5,12,14H,6-9H2,1H3. The minimum absolute atomic E-state index is 0.184. The summed E-state index contributed by atoms with van der Waals surface area (Å²) in [6.45, 7) is 3.20. The van der Waals surface area contributed by atoms with E-state index in [2.05, 4.69) is 10.2 Å². The lowest BCUT2D eigenvalue weighted by Crippen LogP contribution is -2.51. The van der Waals surface area contributed by atoms with Gasteiger partial charge in [0.25, 0.3) is 0 Å². The van der Waals surface area contributed by atoms with Crippen LogP contribution in [0.3, 0.4) is 0 Å². The lowest BCUT2D eigenvalue weighted by Gasteiger charge is -2.35. The van der Waals surface area contributed by atoms with Gasteiger partial charge in [0, 0.05) is 13.1 Å². The van der Waals surface area contributed by atoms with E-state index >= 15 is 0 Å². The Hall–Kier alpha value is -0.970. The Balaban J connectivity index is 1.99. The van der Waals surface area contributed by atoms with Crippen LogP contribution in [0.15, 0.2) is 24.3 Å². The molecule has 0 bridgehead atoms. The first-order chi connectivity index (χ1) is 7.79. The van der Waals surface area contributed by atoms with Crippen molar-refractivity contribution in [2.24, 2.45) is 0 Å². The Kier molecular flexibility index (Phi) is 3.88. The van der Waals surface area contributed by atoms with Gasteiger partial charge >= 0.3 is 0 Å². The molecular weight excluding hydrogens is 207 g/mol. The predicted octanol–water partition coefficient (Wildman–Crippen LogP) is 1.20. The topological polar surface area (TPSA) is 24.5 Å². The summed E-state index contributed by atoms with van der Waals surface area (Å²) in [5, 5.41) is 3.21. The highest BCUT2D eigenvalue weighted by molar-refractivity contribution is 5.16. The van der Waals surface area contributed by atoms with Gasteiger partial charge in [0.1, 0.15) is 5.82 Å². The van der Waals surface area contributed by atoms with Gasteiger partial charge in [-0.1, -0.05) is 12.1 Å². The number of ether oxygens (including phenoxy) is 1. The summed E-state index contributed by atoms with van der Waals surface area (Å²) in [7, 11) is 1.93. The van der Waals surface area contributed by atoms with Crippen molar-refractivity contribution in [1.82, 2.24) is 10.2 Å². The maximum absolute atomic E-state index is 12.8. The second kappa shape index (κ2) is 5.39. The number of likely N-dealkylation sites (N-methyl/N-ethyl adjacent to an activating group) is 1. The molecule has 1 aromatic carbocycles. The number of nitrogens with zero attached hydrogens (tertiary/aromatic N) is 1. The van der Waals surface area contributed by atoms with Crippen molar-refractivity contribution in [3.05, 3.63) is 35.6 Å². The average Bonchev–Trinajstić information content (AvgIpc) is 2.33. The number of halogens is 1. The molecule has 1 aromatic rings. The predicted molar refractivity (Wildman–Crippen MR) is 60.5 cm³/mol. The van der Waals surface area contributed by atoms with Gasteiger partial charge < -0.3 is 10.1 Å². The molecule has 0 radical (unpaired) electrons. The van der Waals surface area contributed by atoms with Gasteiger partial charge in [0.2, 0.25) is 0 Å². The van der Waals surface area contributed by atoms with Gasteiger partial charge in [-0.05, 0) is 24.7 Å². The minimum atomic E-state index is -0.184. The molecule has 1 aliphatic rings. The highest BCUT2D eigenvalue weighted by Gasteiger charge is 2.20. The molecule has 0 amide bonds. The van der Waals surface area contributed by atoms with E-state index in [1.165, 1.54) is 12.1 Å². The zero-order valence-corrected chi connectivity index (χ0v) is 9.45. The third-order valence-corrected chi connectivity index (χ3v) is 2.87. The smallest absolute Gasteiger partial charge is 0.123 e. The molecule has 0 spiro atoms. The van der Waals surface area contributed by atoms with Crippen molar-refractivity contribution < 1.29 is 9.13 Å². The van der Waals surface area contributed by atoms with Crippen molar-refractivity contribution in [3.63, 3.8) is 0 Å². The van der Waals surface area contributed by atoms with Crippen molar-refractivity contribution in [1.29, 1.82) is 0 Å². The molecule has 88 valence electrons. The van der Waals surface area contributed by atoms with Gasteiger partial charge in [-0.2, -0.15) is 0 Å². The van der Waals surface area contributed by atoms with Gasteiger partial charge in [0.15, 0.2) is 0 Å². The fourth-order valence-electron chi connectivity index (χ4n) is 1.92. The molecule has 0 aromatic heterocycles. The first kappa shape index (κ1) is 11.5. The largest absolute Gasteiger partial charge is 0.377 e. The van der Waals surface area contributed by atoms with Crippen molar-refractivity contribution in [3.8, 4) is 0 Å². The molecule has 16 heavy (non-hydrogen) atoms. The van der Waals surface area contributed by atoms with Gasteiger partial charge in [-0.25, -0.2) is 4.39 Å². The second-order valence-corrected chi connectivity index (χ2v) is 3.98. The minimum Gasteiger partial charge on any atom is -0.377 e. The zero-order chi connectivity index (χ0) is 11.4. The number of rotatable bonds is 3. The Labute approximate surface area is 95.2 Å². The number of benzene rings is 1. The number of morpholine rings is 1. The van der Waals surface area contributed by atoms with Crippen LogP contribution in [0.2, 0.25) is 0 Å². The molecule has 1 aliphatic heterocycles. The molecule has 1 unspecified atom stereocenters. The Bertz CT molecular complexity index is 328. The molecule has 2 rings (SSSR count). The summed E-state index contributed by atoms with van der Waals surface area (Å²) in [6.07, 6.45) is 0.249. The molecular formula is C12H17FN2O. The van der Waals surface area contributed by atoms with E-state index in [1.54, 1.807) is 0 Å². The van der Waals surface area contributed by atoms with Crippen LogP contribution >= 0.6 is 0 Å². The van der Waals surface area contributed by atoms with Gasteiger partial charge in [-0.3, -0.25) is 4.90 Å². The van der Waals surface area contributed by atoms with E-state index < -0.39 is 0 Å². The third-order valence-electron chi connectivity index (χ3n) is 2.87. The molecule has 1 fully saturated rings. The monoisotopic (exact) mass is 224 g/mol. The van der Waals surface area contributed by atoms with Crippen LogP contribution in [0.4, 0.5) is 4.39 Å². The quantitative estimate of drug-likeness (QED) is 0.835. The SMILES string of the molecule is CNC1COCCN1Cc1ccc(F)cc1. The third kappa shape index (κ3) is 2.78. The molecule has 3 nitrogen and oxygen atoms in total. The normalized spacial score (nSPS) is 22.2. The lowest BCUT2D eigenvalue weighted by atomic mass is 10.2. The summed E-state index contributed by atoms with van der Waals surface area (Å²) in [6, 6.07) is 6.67. The molecule has 1 heterocycles. The van der Waals surface area contributed by atoms with Gasteiger partial charge in [-0.15, -0.1) is 0 Å². The number of hydrogen-bond acceptors (Lipinski definition) is 3. The first-order valence-electron chi connectivity index (χ1n) is 5.53. The molecule has 1 N–H and O–H groups in total. The fraction of sp³-hybridized carbons (Fsp3) is 0.500. The van der Waals surface area contributed by atoms with Gasteiger partial charge in [0.05, 0.1) is 19.4 Å². The maximum Gasteiger partial charge on any atom is 0.123 e. The van der Waals surface area contributed by atoms with Crippen LogP contribution in [-0.2, 0) is 11.3 Å². The summed E-state index contributed by atoms with van der Waals surface area (Å²) in [5.74, 6) is -0.184. The Morgan fingerprint density at radius 1 is 1.44 bits per heavy atom. The summed E-state index contributed by atoms with van der Waals surface area (Å²) in [4.78, 5) is 2.30. The summed E-state index contributed by atoms with van der Waals surface area (Å²) < 4.78 is 18.2. The van der Waals surface area contributed by atoms with Crippen LogP contribution in [0.5, 0.6) is 0 Å². The fourth-order valence-corrected chi connectivity index (χ4v) is 1.92. The molecule has 0 aliphatic carbocycles. The summed E-state index contributed by atoms with van der Waals surface area (Å²) >= 11 is 0. The Morgan fingerprint density at radius 2 is 2.19 bits per heavy atom. The van der Waals surface area contributed by atoms with Crippen LogP contribution in [0.25, 0.3) is 0 Å². The second-order valence-electron chi connectivity index (χ2n) is 3.98. The van der Waals surface area contributed by atoms with E-state index in [1.807, 2.05) is 19.2 Å². The highest BCUT2D eigenvalue weighted by Crippen LogP contribution is 2.11. The van der Waals surface area contributed by atoms with E-state index in [0.717, 1.165) is 25.3 Å². The van der Waals surface area contributed by atoms with Crippen molar-refractivity contribution in [2.45, 2.75) is 12.7 Å². The zero-order valence-electron chi connectivity index (χ0n) is 9.45. The van der Waals surface area contributed by atoms with Crippen molar-refractivity contribution >= 4 is 0 Å². The highest BCUT2D eigenvalue weighted by atomic mass is 19.1. The van der Waals surface area contributed by atoms with Crippen LogP contribution in [0.1, 0.15) is 5.56 Å². The summed E-state index contributed by atoms with van der Waals surface area (Å²) in [5.41, 5.74) is 1.13. The van der Waals surface area contributed by atoms with E-state index in [9.17, 15) is 4.39 Å². The average molecular weight is 224 g/mol. The molecule has 4 heteroatoms. The first-order valence-corrected chi connectivity index (χ1v) is 5.53. The van der Waals surface area contributed by atoms with E-state index in [-0.39, 0.29) is 12.0 Å². The Morgan fingerprint density at radius 3 is 2.88 bits per heavy atom. The van der Waals surface area contributed by atoms with E-state index in [4.69, 9.17) is 4.74 Å². The number of hydrogen-bond donors (Lipinski definition) is 1. The molecule has 0 saturated carbocycles. The molecule has 1 saturated heterocycles. The van der Waals surface area contributed by atoms with Crippen molar-refractivity contribution in [2.75, 3.05) is 26.8 Å². The van der Waals surface area contributed by atoms with Crippen LogP contribution in [0, 0.1) is 5.82 Å². The van der Waals surface area contributed by atoms with E-state index in [0.29, 0.717) is 6.61 Å².